The second-order valence-corrected chi connectivity index (χ2v) is 8.51. The van der Waals surface area contributed by atoms with E-state index in [1.165, 1.54) is 12.1 Å². The zero-order valence-electron chi connectivity index (χ0n) is 18.4. The van der Waals surface area contributed by atoms with Gasteiger partial charge in [0, 0.05) is 49.5 Å². The second kappa shape index (κ2) is 7.91. The minimum Gasteiger partial charge on any atom is -0.368 e. The molecule has 2 aliphatic rings. The molecule has 1 aliphatic carbocycles. The Morgan fingerprint density at radius 2 is 1.94 bits per heavy atom. The Kier molecular flexibility index (Phi) is 5.06. The smallest absolute Gasteiger partial charge is 0.254 e. The van der Waals surface area contributed by atoms with Gasteiger partial charge in [-0.15, -0.1) is 0 Å². The molecule has 5 rings (SSSR count). The number of imidazole rings is 1. The van der Waals surface area contributed by atoms with Gasteiger partial charge in [-0.25, -0.2) is 9.37 Å². The summed E-state index contributed by atoms with van der Waals surface area (Å²) in [4.78, 5) is 19.9. The molecule has 1 aliphatic heterocycles. The lowest BCUT2D eigenvalue weighted by Gasteiger charge is -2.39. The Morgan fingerprint density at radius 1 is 1.16 bits per heavy atom. The van der Waals surface area contributed by atoms with E-state index in [1.807, 2.05) is 34.8 Å². The molecule has 2 aromatic heterocycles. The summed E-state index contributed by atoms with van der Waals surface area (Å²) < 4.78 is 16.1. The number of carbonyl (C=O) groups excluding carboxylic acids is 1. The van der Waals surface area contributed by atoms with Crippen molar-refractivity contribution in [3.05, 3.63) is 71.2 Å². The van der Waals surface area contributed by atoms with Gasteiger partial charge in [0.1, 0.15) is 5.82 Å². The molecule has 1 saturated heterocycles. The third-order valence-corrected chi connectivity index (χ3v) is 6.04. The Balaban J connectivity index is 1.84. The predicted molar refractivity (Wildman–Crippen MR) is 126 cm³/mol. The predicted octanol–water partition coefficient (Wildman–Crippen LogP) is 3.59. The molecular formula is C25H26FN5O. The fourth-order valence-electron chi connectivity index (χ4n) is 4.79. The van der Waals surface area contributed by atoms with Crippen LogP contribution in [0.15, 0.2) is 48.6 Å². The molecule has 164 valence electrons. The normalized spacial score (nSPS) is 20.8. The van der Waals surface area contributed by atoms with Gasteiger partial charge in [0.05, 0.1) is 22.3 Å². The summed E-state index contributed by atoms with van der Waals surface area (Å²) in [5.41, 5.74) is 5.08. The number of nitrogens with zero attached hydrogens (tertiary/aromatic N) is 3. The van der Waals surface area contributed by atoms with Crippen molar-refractivity contribution in [1.29, 1.82) is 0 Å². The van der Waals surface area contributed by atoms with Crippen molar-refractivity contribution in [3.63, 3.8) is 0 Å². The number of nitrogens with one attached hydrogen (secondary N) is 2. The van der Waals surface area contributed by atoms with Crippen LogP contribution < -0.4 is 10.6 Å². The molecule has 3 aromatic rings. The minimum absolute atomic E-state index is 0.225. The van der Waals surface area contributed by atoms with Crippen molar-refractivity contribution in [2.45, 2.75) is 25.9 Å². The lowest BCUT2D eigenvalue weighted by atomic mass is 10.0. The Labute approximate surface area is 186 Å². The SMILES string of the molecule is CNC(=O)c1cc2c(n3c1nc1ccc(F)cc13)C=CC=CC=C2N1C[C@@H](C)N[C@@H](C)C1. The van der Waals surface area contributed by atoms with Gasteiger partial charge < -0.3 is 15.5 Å². The summed E-state index contributed by atoms with van der Waals surface area (Å²) in [7, 11) is 1.61. The van der Waals surface area contributed by atoms with Gasteiger partial charge in [-0.2, -0.15) is 0 Å². The van der Waals surface area contributed by atoms with Crippen molar-refractivity contribution in [3.8, 4) is 0 Å². The number of fused-ring (bicyclic) bond motifs is 5. The van der Waals surface area contributed by atoms with E-state index in [-0.39, 0.29) is 11.7 Å². The van der Waals surface area contributed by atoms with Crippen molar-refractivity contribution in [1.82, 2.24) is 24.9 Å². The molecule has 1 fully saturated rings. The summed E-state index contributed by atoms with van der Waals surface area (Å²) >= 11 is 0. The molecule has 0 radical (unpaired) electrons. The van der Waals surface area contributed by atoms with Crippen LogP contribution in [0.1, 0.15) is 35.5 Å². The maximum Gasteiger partial charge on any atom is 0.254 e. The van der Waals surface area contributed by atoms with Gasteiger partial charge in [0.2, 0.25) is 0 Å². The summed E-state index contributed by atoms with van der Waals surface area (Å²) in [6.07, 6.45) is 10.0. The zero-order valence-corrected chi connectivity index (χ0v) is 18.4. The van der Waals surface area contributed by atoms with E-state index in [9.17, 15) is 9.18 Å². The molecule has 0 unspecified atom stereocenters. The molecule has 1 amide bonds. The maximum absolute atomic E-state index is 14.2. The number of piperazine rings is 1. The van der Waals surface area contributed by atoms with Crippen LogP contribution in [0, 0.1) is 5.82 Å². The number of amides is 1. The number of carbonyl (C=O) groups is 1. The van der Waals surface area contributed by atoms with Crippen LogP contribution >= 0.6 is 0 Å². The van der Waals surface area contributed by atoms with Gasteiger partial charge in [0.15, 0.2) is 5.65 Å². The molecule has 0 saturated carbocycles. The summed E-state index contributed by atoms with van der Waals surface area (Å²) in [5, 5.41) is 6.30. The standard InChI is InChI=1S/C25H26FN5O/c1-15-13-30(14-16(2)28-15)21-7-5-4-6-8-22-18(21)12-19(25(32)27-3)24-29-20-10-9-17(26)11-23(20)31(22)24/h4-12,15-16,28H,13-14H2,1-3H3,(H,27,32)/t15-,16+. The highest BCUT2D eigenvalue weighted by atomic mass is 19.1. The largest absolute Gasteiger partial charge is 0.368 e. The van der Waals surface area contributed by atoms with Crippen molar-refractivity contribution >= 4 is 34.4 Å². The van der Waals surface area contributed by atoms with E-state index in [4.69, 9.17) is 0 Å². The number of pyridine rings is 1. The molecule has 32 heavy (non-hydrogen) atoms. The molecule has 0 spiro atoms. The zero-order chi connectivity index (χ0) is 22.4. The highest BCUT2D eigenvalue weighted by Crippen LogP contribution is 2.33. The van der Waals surface area contributed by atoms with E-state index < -0.39 is 0 Å². The van der Waals surface area contributed by atoms with E-state index in [1.54, 1.807) is 13.1 Å². The Hall–Kier alpha value is -3.45. The number of aromatic nitrogens is 2. The second-order valence-electron chi connectivity index (χ2n) is 8.51. The van der Waals surface area contributed by atoms with Crippen LogP contribution in [0.5, 0.6) is 0 Å². The third-order valence-electron chi connectivity index (χ3n) is 6.04. The highest BCUT2D eigenvalue weighted by Gasteiger charge is 2.27. The van der Waals surface area contributed by atoms with Crippen LogP contribution in [-0.2, 0) is 0 Å². The third kappa shape index (κ3) is 3.39. The Bertz CT molecular complexity index is 1310. The molecule has 1 aromatic carbocycles. The monoisotopic (exact) mass is 431 g/mol. The number of hydrogen-bond acceptors (Lipinski definition) is 4. The number of hydrogen-bond donors (Lipinski definition) is 2. The summed E-state index contributed by atoms with van der Waals surface area (Å²) in [6, 6.07) is 7.10. The van der Waals surface area contributed by atoms with Crippen LogP contribution in [-0.4, -0.2) is 52.4 Å². The molecule has 2 N–H and O–H groups in total. The molecular weight excluding hydrogens is 405 g/mol. The van der Waals surface area contributed by atoms with Gasteiger partial charge >= 0.3 is 0 Å². The lowest BCUT2D eigenvalue weighted by Crippen LogP contribution is -2.53. The number of rotatable bonds is 2. The van der Waals surface area contributed by atoms with Crippen molar-refractivity contribution < 1.29 is 9.18 Å². The molecule has 6 nitrogen and oxygen atoms in total. The van der Waals surface area contributed by atoms with Gasteiger partial charge in [-0.3, -0.25) is 9.20 Å². The van der Waals surface area contributed by atoms with E-state index in [0.717, 1.165) is 30.0 Å². The first kappa shape index (κ1) is 20.5. The average Bonchev–Trinajstić information content (AvgIpc) is 3.11. The topological polar surface area (TPSA) is 61.7 Å². The first-order valence-electron chi connectivity index (χ1n) is 10.9. The van der Waals surface area contributed by atoms with Crippen LogP contribution in [0.4, 0.5) is 4.39 Å². The molecule has 7 heteroatoms. The van der Waals surface area contributed by atoms with Gasteiger partial charge in [-0.1, -0.05) is 18.2 Å². The Morgan fingerprint density at radius 3 is 2.69 bits per heavy atom. The van der Waals surface area contributed by atoms with Crippen molar-refractivity contribution in [2.75, 3.05) is 20.1 Å². The van der Waals surface area contributed by atoms with Crippen LogP contribution in [0.2, 0.25) is 0 Å². The fourth-order valence-corrected chi connectivity index (χ4v) is 4.79. The highest BCUT2D eigenvalue weighted by molar-refractivity contribution is 6.03. The summed E-state index contributed by atoms with van der Waals surface area (Å²) in [6.45, 7) is 6.04. The average molecular weight is 432 g/mol. The summed E-state index contributed by atoms with van der Waals surface area (Å²) in [5.74, 6) is -0.565. The number of halogens is 1. The van der Waals surface area contributed by atoms with Crippen LogP contribution in [0.3, 0.4) is 0 Å². The number of allylic oxidation sites excluding steroid dienone is 4. The van der Waals surface area contributed by atoms with Crippen LogP contribution in [0.25, 0.3) is 28.5 Å². The molecule has 2 atom stereocenters. The van der Waals surface area contributed by atoms with E-state index in [2.05, 4.69) is 40.4 Å². The lowest BCUT2D eigenvalue weighted by molar-refractivity contribution is 0.0964. The maximum atomic E-state index is 14.2. The van der Waals surface area contributed by atoms with E-state index in [0.29, 0.717) is 34.3 Å². The first-order valence-corrected chi connectivity index (χ1v) is 10.9. The molecule has 3 heterocycles. The minimum atomic E-state index is -0.339. The first-order chi connectivity index (χ1) is 15.5. The fraction of sp³-hybridized carbons (Fsp3) is 0.280. The molecule has 0 bridgehead atoms. The van der Waals surface area contributed by atoms with E-state index >= 15 is 0 Å². The van der Waals surface area contributed by atoms with Gasteiger partial charge in [0.25, 0.3) is 5.91 Å². The van der Waals surface area contributed by atoms with Gasteiger partial charge in [-0.05, 0) is 44.2 Å². The van der Waals surface area contributed by atoms with Crippen molar-refractivity contribution in [2.24, 2.45) is 0 Å². The number of benzene rings is 1. The quantitative estimate of drug-likeness (QED) is 0.651.